The molecule has 8 N–H and O–H groups in total. The van der Waals surface area contributed by atoms with Gasteiger partial charge in [0.15, 0.2) is 16.9 Å². The Hall–Kier alpha value is -3.35. The summed E-state index contributed by atoms with van der Waals surface area (Å²) in [6.07, 6.45) is -13.6. The Balaban J connectivity index is 1.37. The van der Waals surface area contributed by atoms with Crippen molar-refractivity contribution < 1.29 is 69.0 Å². The third-order valence-corrected chi connectivity index (χ3v) is 7.41. The number of aliphatic hydroxyl groups is 8. The number of methoxy groups -OCH3 is 1. The highest BCUT2D eigenvalue weighted by Gasteiger charge is 2.46. The predicted molar refractivity (Wildman–Crippen MR) is 143 cm³/mol. The van der Waals surface area contributed by atoms with Crippen LogP contribution in [0.3, 0.4) is 0 Å². The summed E-state index contributed by atoms with van der Waals surface area (Å²) < 4.78 is 33.1. The SMILES string of the molecule is COc1cc(-c2coc3cc(O[C@@H]4O[C@H](CO)[C@@H](O)[C@H](O)[C@H]4O)ccc3c2=O)ccc1O[C@@H]1O[C@H](CO)[C@@H](O)[C@H](O)[C@H]1O. The van der Waals surface area contributed by atoms with Crippen molar-refractivity contribution in [3.8, 4) is 28.4 Å². The highest BCUT2D eigenvalue weighted by atomic mass is 16.7. The van der Waals surface area contributed by atoms with Gasteiger partial charge in [0.25, 0.3) is 0 Å². The second-order valence-electron chi connectivity index (χ2n) is 10.1. The van der Waals surface area contributed by atoms with Crippen LogP contribution in [-0.4, -0.2) is 123 Å². The number of aliphatic hydroxyl groups excluding tert-OH is 8. The van der Waals surface area contributed by atoms with E-state index in [-0.39, 0.29) is 33.8 Å². The van der Waals surface area contributed by atoms with Crippen LogP contribution in [0.5, 0.6) is 17.2 Å². The van der Waals surface area contributed by atoms with Crippen LogP contribution in [0.2, 0.25) is 0 Å². The van der Waals surface area contributed by atoms with E-state index in [9.17, 15) is 45.6 Å². The highest BCUT2D eigenvalue weighted by Crippen LogP contribution is 2.35. The lowest BCUT2D eigenvalue weighted by atomic mass is 9.99. The van der Waals surface area contributed by atoms with Gasteiger partial charge in [0.2, 0.25) is 12.6 Å². The molecule has 0 radical (unpaired) electrons. The van der Waals surface area contributed by atoms with Crippen molar-refractivity contribution in [3.63, 3.8) is 0 Å². The minimum atomic E-state index is -1.63. The second-order valence-corrected chi connectivity index (χ2v) is 10.1. The molecule has 5 rings (SSSR count). The lowest BCUT2D eigenvalue weighted by molar-refractivity contribution is -0.277. The molecule has 43 heavy (non-hydrogen) atoms. The van der Waals surface area contributed by atoms with Crippen LogP contribution in [0.1, 0.15) is 0 Å². The molecule has 0 saturated carbocycles. The monoisotopic (exact) mass is 608 g/mol. The smallest absolute Gasteiger partial charge is 0.229 e. The molecule has 0 spiro atoms. The number of benzene rings is 2. The number of fused-ring (bicyclic) bond motifs is 1. The van der Waals surface area contributed by atoms with E-state index >= 15 is 0 Å². The first-order chi connectivity index (χ1) is 20.6. The van der Waals surface area contributed by atoms with E-state index in [0.29, 0.717) is 5.56 Å². The molecule has 0 amide bonds. The summed E-state index contributed by atoms with van der Waals surface area (Å²) in [5.41, 5.74) is 0.263. The first-order valence-electron chi connectivity index (χ1n) is 13.3. The highest BCUT2D eigenvalue weighted by molar-refractivity contribution is 5.83. The predicted octanol–water partition coefficient (Wildman–Crippen LogP) is -2.17. The Bertz CT molecular complexity index is 1470. The minimum absolute atomic E-state index is 0.0794. The summed E-state index contributed by atoms with van der Waals surface area (Å²) in [7, 11) is 1.35. The van der Waals surface area contributed by atoms with Crippen molar-refractivity contribution in [3.05, 3.63) is 52.9 Å². The molecule has 2 aliphatic rings. The zero-order chi connectivity index (χ0) is 31.0. The molecule has 2 aromatic carbocycles. The maximum atomic E-state index is 13.4. The van der Waals surface area contributed by atoms with Crippen LogP contribution in [0.15, 0.2) is 51.9 Å². The standard InChI is InChI=1S/C28H32O15/c1-38-17-6-11(2-5-15(17)41-28-26(37)24(35)22(33)19(9-30)43-28)14-10-39-16-7-12(3-4-13(16)20(14)31)40-27-25(36)23(34)21(32)18(8-29)42-27/h2-7,10,18-19,21-30,32-37H,8-9H2,1H3/t18-,19-,21-,22-,23+,24+,25-,26-,27-,28-/m1/s1. The van der Waals surface area contributed by atoms with Crippen molar-refractivity contribution in [2.45, 2.75) is 61.4 Å². The summed E-state index contributed by atoms with van der Waals surface area (Å²) in [6, 6.07) is 8.67. The van der Waals surface area contributed by atoms with E-state index in [1.165, 1.54) is 49.8 Å². The molecular formula is C28H32O15. The molecule has 2 saturated heterocycles. The van der Waals surface area contributed by atoms with Crippen LogP contribution in [0, 0.1) is 0 Å². The summed E-state index contributed by atoms with van der Waals surface area (Å²) in [5.74, 6) is 0.331. The summed E-state index contributed by atoms with van der Waals surface area (Å²) in [4.78, 5) is 13.4. The Morgan fingerprint density at radius 3 is 1.91 bits per heavy atom. The van der Waals surface area contributed by atoms with Gasteiger partial charge in [0.1, 0.15) is 66.4 Å². The van der Waals surface area contributed by atoms with E-state index in [4.69, 9.17) is 28.1 Å². The fourth-order valence-corrected chi connectivity index (χ4v) is 4.90. The summed E-state index contributed by atoms with van der Waals surface area (Å²) >= 11 is 0. The largest absolute Gasteiger partial charge is 0.493 e. The molecule has 0 bridgehead atoms. The molecular weight excluding hydrogens is 576 g/mol. The fourth-order valence-electron chi connectivity index (χ4n) is 4.90. The Kier molecular flexibility index (Phi) is 9.19. The number of rotatable bonds is 8. The quantitative estimate of drug-likeness (QED) is 0.136. The van der Waals surface area contributed by atoms with Gasteiger partial charge in [0, 0.05) is 6.07 Å². The first-order valence-corrected chi connectivity index (χ1v) is 13.3. The van der Waals surface area contributed by atoms with Gasteiger partial charge in [-0.2, -0.15) is 0 Å². The van der Waals surface area contributed by atoms with Crippen LogP contribution in [-0.2, 0) is 9.47 Å². The van der Waals surface area contributed by atoms with Crippen molar-refractivity contribution >= 4 is 11.0 Å². The average Bonchev–Trinajstić information content (AvgIpc) is 3.01. The molecule has 15 nitrogen and oxygen atoms in total. The molecule has 15 heteroatoms. The third-order valence-electron chi connectivity index (χ3n) is 7.41. The van der Waals surface area contributed by atoms with Crippen LogP contribution in [0.4, 0.5) is 0 Å². The first kappa shape index (κ1) is 31.1. The molecule has 0 unspecified atom stereocenters. The molecule has 3 aromatic rings. The number of hydrogen-bond donors (Lipinski definition) is 8. The maximum absolute atomic E-state index is 13.4. The maximum Gasteiger partial charge on any atom is 0.229 e. The van der Waals surface area contributed by atoms with Crippen molar-refractivity contribution in [2.24, 2.45) is 0 Å². The normalized spacial score (nSPS) is 32.9. The molecule has 1 aromatic heterocycles. The van der Waals surface area contributed by atoms with E-state index in [1.807, 2.05) is 0 Å². The van der Waals surface area contributed by atoms with Gasteiger partial charge in [-0.25, -0.2) is 0 Å². The minimum Gasteiger partial charge on any atom is -0.493 e. The Labute approximate surface area is 243 Å². The Morgan fingerprint density at radius 1 is 0.721 bits per heavy atom. The van der Waals surface area contributed by atoms with E-state index in [1.54, 1.807) is 0 Å². The van der Waals surface area contributed by atoms with Crippen LogP contribution in [0.25, 0.3) is 22.1 Å². The van der Waals surface area contributed by atoms with Crippen molar-refractivity contribution in [1.29, 1.82) is 0 Å². The van der Waals surface area contributed by atoms with Crippen molar-refractivity contribution in [1.82, 2.24) is 0 Å². The summed E-state index contributed by atoms with van der Waals surface area (Å²) in [6.45, 7) is -1.24. The van der Waals surface area contributed by atoms with Crippen molar-refractivity contribution in [2.75, 3.05) is 20.3 Å². The number of ether oxygens (including phenoxy) is 5. The molecule has 10 atom stereocenters. The molecule has 234 valence electrons. The van der Waals surface area contributed by atoms with Gasteiger partial charge in [-0.3, -0.25) is 4.79 Å². The topological polar surface area (TPSA) is 238 Å². The lowest BCUT2D eigenvalue weighted by Gasteiger charge is -2.39. The third kappa shape index (κ3) is 5.92. The Morgan fingerprint density at radius 2 is 1.33 bits per heavy atom. The van der Waals surface area contributed by atoms with E-state index in [2.05, 4.69) is 0 Å². The zero-order valence-corrected chi connectivity index (χ0v) is 22.7. The van der Waals surface area contributed by atoms with Gasteiger partial charge >= 0.3 is 0 Å². The average molecular weight is 609 g/mol. The van der Waals surface area contributed by atoms with Gasteiger partial charge in [-0.05, 0) is 29.8 Å². The van der Waals surface area contributed by atoms with E-state index < -0.39 is 80.1 Å². The van der Waals surface area contributed by atoms with E-state index in [0.717, 1.165) is 0 Å². The van der Waals surface area contributed by atoms with Crippen LogP contribution >= 0.6 is 0 Å². The molecule has 2 aliphatic heterocycles. The summed E-state index contributed by atoms with van der Waals surface area (Å²) in [5, 5.41) is 79.4. The molecule has 3 heterocycles. The van der Waals surface area contributed by atoms with Gasteiger partial charge < -0.3 is 69.0 Å². The molecule has 0 aliphatic carbocycles. The molecule has 2 fully saturated rings. The van der Waals surface area contributed by atoms with Gasteiger partial charge in [0.05, 0.1) is 31.3 Å². The van der Waals surface area contributed by atoms with Gasteiger partial charge in [-0.15, -0.1) is 0 Å². The lowest BCUT2D eigenvalue weighted by Crippen LogP contribution is -2.60. The second kappa shape index (κ2) is 12.7. The number of hydrogen-bond acceptors (Lipinski definition) is 15. The zero-order valence-electron chi connectivity index (χ0n) is 22.7. The van der Waals surface area contributed by atoms with Crippen LogP contribution < -0.4 is 19.6 Å². The van der Waals surface area contributed by atoms with Gasteiger partial charge in [-0.1, -0.05) is 6.07 Å². The fraction of sp³-hybridized carbons (Fsp3) is 0.464.